The van der Waals surface area contributed by atoms with Gasteiger partial charge >= 0.3 is 7.12 Å². The normalized spacial score (nSPS) is 18.0. The molecule has 5 aromatic rings. The van der Waals surface area contributed by atoms with Crippen LogP contribution in [-0.2, 0) is 9.31 Å². The maximum absolute atomic E-state index is 5.97. The van der Waals surface area contributed by atoms with E-state index in [1.807, 2.05) is 46.0 Å². The van der Waals surface area contributed by atoms with Crippen LogP contribution < -0.4 is 5.46 Å². The van der Waals surface area contributed by atoms with E-state index in [1.165, 1.54) is 10.8 Å². The zero-order valence-corrected chi connectivity index (χ0v) is 19.4. The molecule has 2 atom stereocenters. The quantitative estimate of drug-likeness (QED) is 0.247. The highest BCUT2D eigenvalue weighted by atomic mass is 16.7. The lowest BCUT2D eigenvalue weighted by molar-refractivity contribution is 0.187. The molecule has 1 aliphatic rings. The summed E-state index contributed by atoms with van der Waals surface area (Å²) in [6.45, 7) is 8.08. The molecule has 4 aromatic carbocycles. The van der Waals surface area contributed by atoms with Crippen LogP contribution in [0.25, 0.3) is 43.8 Å². The summed E-state index contributed by atoms with van der Waals surface area (Å²) in [6, 6.07) is 25.0. The van der Waals surface area contributed by atoms with E-state index in [0.29, 0.717) is 0 Å². The van der Waals surface area contributed by atoms with Gasteiger partial charge in [-0.2, -0.15) is 0 Å². The third kappa shape index (κ3) is 3.77. The molecule has 0 saturated carbocycles. The summed E-state index contributed by atoms with van der Waals surface area (Å²) in [5.74, 6) is 0. The van der Waals surface area contributed by atoms with E-state index >= 15 is 0 Å². The zero-order chi connectivity index (χ0) is 22.9. The monoisotopic (exact) mass is 434 g/mol. The number of nitrogens with zero attached hydrogens (tertiary/aromatic N) is 2. The van der Waals surface area contributed by atoms with Crippen molar-refractivity contribution in [1.82, 2.24) is 9.97 Å². The minimum Gasteiger partial charge on any atom is -0.402 e. The number of rotatable bonds is 2. The molecule has 2 unspecified atom stereocenters. The number of benzene rings is 4. The Morgan fingerprint density at radius 3 is 1.91 bits per heavy atom. The first-order chi connectivity index (χ1) is 16.2. The van der Waals surface area contributed by atoms with Crippen LogP contribution >= 0.6 is 0 Å². The van der Waals surface area contributed by atoms with E-state index in [0.717, 1.165) is 38.5 Å². The molecule has 0 amide bonds. The molecule has 0 N–H and O–H groups in total. The molecule has 33 heavy (non-hydrogen) atoms. The zero-order valence-electron chi connectivity index (χ0n) is 19.4. The van der Waals surface area contributed by atoms with Crippen LogP contribution in [0.2, 0.25) is 0 Å². The third-order valence-corrected chi connectivity index (χ3v) is 6.22. The van der Waals surface area contributed by atoms with E-state index in [-0.39, 0.29) is 19.3 Å². The smallest absolute Gasteiger partial charge is 0.402 e. The van der Waals surface area contributed by atoms with Gasteiger partial charge in [-0.15, -0.1) is 0 Å². The topological polar surface area (TPSA) is 44.2 Å². The van der Waals surface area contributed by atoms with Crippen LogP contribution in [-0.4, -0.2) is 29.3 Å². The Hall–Kier alpha value is -3.28. The predicted molar refractivity (Wildman–Crippen MR) is 138 cm³/mol. The maximum Gasteiger partial charge on any atom is 0.494 e. The first kappa shape index (κ1) is 21.6. The Labute approximate surface area is 194 Å². The van der Waals surface area contributed by atoms with Crippen molar-refractivity contribution in [1.29, 1.82) is 0 Å². The molecule has 4 nitrogen and oxygen atoms in total. The van der Waals surface area contributed by atoms with E-state index in [9.17, 15) is 0 Å². The number of aromatic nitrogens is 2. The van der Waals surface area contributed by atoms with Crippen LogP contribution in [0.1, 0.15) is 27.7 Å². The van der Waals surface area contributed by atoms with Gasteiger partial charge in [0, 0.05) is 16.3 Å². The highest BCUT2D eigenvalue weighted by Crippen LogP contribution is 2.33. The molecular formula is C28H27BN2O2. The van der Waals surface area contributed by atoms with E-state index < -0.39 is 0 Å². The van der Waals surface area contributed by atoms with Crippen LogP contribution in [0.4, 0.5) is 0 Å². The molecule has 1 fully saturated rings. The van der Waals surface area contributed by atoms with Crippen molar-refractivity contribution in [3.63, 3.8) is 0 Å². The second-order valence-electron chi connectivity index (χ2n) is 8.18. The van der Waals surface area contributed by atoms with Crippen molar-refractivity contribution in [2.45, 2.75) is 39.9 Å². The Kier molecular flexibility index (Phi) is 5.84. The van der Waals surface area contributed by atoms with Gasteiger partial charge < -0.3 is 9.31 Å². The van der Waals surface area contributed by atoms with Gasteiger partial charge in [-0.05, 0) is 30.1 Å². The fraction of sp³-hybridized carbons (Fsp3) is 0.214. The molecule has 6 rings (SSSR count). The first-order valence-electron chi connectivity index (χ1n) is 11.7. The van der Waals surface area contributed by atoms with E-state index in [4.69, 9.17) is 19.3 Å². The number of hydrogen-bond donors (Lipinski definition) is 0. The lowest BCUT2D eigenvalue weighted by atomic mass is 9.78. The van der Waals surface area contributed by atoms with E-state index in [1.54, 1.807) is 0 Å². The van der Waals surface area contributed by atoms with Gasteiger partial charge in [0.25, 0.3) is 0 Å². The lowest BCUT2D eigenvalue weighted by Crippen LogP contribution is -2.32. The summed E-state index contributed by atoms with van der Waals surface area (Å²) in [5.41, 5.74) is 4.70. The van der Waals surface area contributed by atoms with Gasteiger partial charge in [-0.1, -0.05) is 86.6 Å². The summed E-state index contributed by atoms with van der Waals surface area (Å²) in [6.07, 6.45) is 2.02. The van der Waals surface area contributed by atoms with Crippen LogP contribution in [0.15, 0.2) is 79.0 Å². The second-order valence-corrected chi connectivity index (χ2v) is 8.18. The molecule has 0 bridgehead atoms. The van der Waals surface area contributed by atoms with Crippen LogP contribution in [0.3, 0.4) is 0 Å². The Morgan fingerprint density at radius 2 is 1.27 bits per heavy atom. The van der Waals surface area contributed by atoms with Crippen molar-refractivity contribution in [3.05, 3.63) is 79.0 Å². The standard InChI is InChI=1S/C26H21BN2O2.C2H6/c1-16-17(2)31-27(30-16)19-9-7-8-18(14-19)24-15-28-25-22-12-5-3-10-20(22)21-11-4-6-13-23(21)26(25)29-24;1-2/h3-17H,1-2H3;1-2H3. The Bertz CT molecular complexity index is 1410. The van der Waals surface area contributed by atoms with E-state index in [2.05, 4.69) is 60.7 Å². The maximum atomic E-state index is 5.97. The van der Waals surface area contributed by atoms with Crippen LogP contribution in [0.5, 0.6) is 0 Å². The predicted octanol–water partition coefficient (Wildman–Crippen LogP) is 6.15. The first-order valence-corrected chi connectivity index (χ1v) is 11.7. The minimum absolute atomic E-state index is 0.0776. The number of fused-ring (bicyclic) bond motifs is 6. The van der Waals surface area contributed by atoms with Crippen molar-refractivity contribution >= 4 is 45.2 Å². The summed E-state index contributed by atoms with van der Waals surface area (Å²) in [7, 11) is -0.344. The van der Waals surface area contributed by atoms with Gasteiger partial charge in [0.05, 0.1) is 35.1 Å². The molecular weight excluding hydrogens is 407 g/mol. The summed E-state index contributed by atoms with van der Waals surface area (Å²) in [4.78, 5) is 9.94. The minimum atomic E-state index is -0.344. The summed E-state index contributed by atoms with van der Waals surface area (Å²) < 4.78 is 11.9. The Balaban J connectivity index is 0.00000111. The molecule has 0 radical (unpaired) electrons. The van der Waals surface area contributed by atoms with Gasteiger partial charge in [0.1, 0.15) is 0 Å². The molecule has 164 valence electrons. The van der Waals surface area contributed by atoms with Crippen molar-refractivity contribution in [2.24, 2.45) is 0 Å². The fourth-order valence-electron chi connectivity index (χ4n) is 4.41. The molecule has 1 aromatic heterocycles. The lowest BCUT2D eigenvalue weighted by Gasteiger charge is -2.11. The fourth-order valence-corrected chi connectivity index (χ4v) is 4.41. The molecule has 0 aliphatic carbocycles. The number of hydrogen-bond acceptors (Lipinski definition) is 4. The molecule has 0 spiro atoms. The summed E-state index contributed by atoms with van der Waals surface area (Å²) in [5, 5.41) is 4.64. The van der Waals surface area contributed by atoms with Gasteiger partial charge in [0.2, 0.25) is 0 Å². The highest BCUT2D eigenvalue weighted by molar-refractivity contribution is 6.62. The molecule has 2 heterocycles. The third-order valence-electron chi connectivity index (χ3n) is 6.22. The molecule has 5 heteroatoms. The van der Waals surface area contributed by atoms with Gasteiger partial charge in [-0.25, -0.2) is 4.98 Å². The highest BCUT2D eigenvalue weighted by Gasteiger charge is 2.36. The van der Waals surface area contributed by atoms with Gasteiger partial charge in [-0.3, -0.25) is 4.98 Å². The average molecular weight is 434 g/mol. The SMILES string of the molecule is CC.CC1OB(c2cccc(-c3cnc4c5ccccc5c5ccccc5c4n3)c2)OC1C. The van der Waals surface area contributed by atoms with Crippen molar-refractivity contribution in [3.8, 4) is 11.3 Å². The van der Waals surface area contributed by atoms with Gasteiger partial charge in [0.15, 0.2) is 0 Å². The van der Waals surface area contributed by atoms with Crippen molar-refractivity contribution in [2.75, 3.05) is 0 Å². The second kappa shape index (κ2) is 8.93. The van der Waals surface area contributed by atoms with Crippen LogP contribution in [0, 0.1) is 0 Å². The largest absolute Gasteiger partial charge is 0.494 e. The average Bonchev–Trinajstić information content (AvgIpc) is 3.23. The van der Waals surface area contributed by atoms with Crippen molar-refractivity contribution < 1.29 is 9.31 Å². The Morgan fingerprint density at radius 1 is 0.697 bits per heavy atom. The summed E-state index contributed by atoms with van der Waals surface area (Å²) >= 11 is 0. The molecule has 1 aliphatic heterocycles. The molecule has 1 saturated heterocycles.